The lowest BCUT2D eigenvalue weighted by molar-refractivity contribution is 0.282. The average molecular weight is 293 g/mol. The lowest BCUT2D eigenvalue weighted by Crippen LogP contribution is -2.20. The minimum atomic E-state index is -0.652. The van der Waals surface area contributed by atoms with Gasteiger partial charge in [0.15, 0.2) is 0 Å². The van der Waals surface area contributed by atoms with E-state index in [1.165, 1.54) is 5.56 Å². The van der Waals surface area contributed by atoms with Crippen molar-refractivity contribution in [1.82, 2.24) is 4.90 Å². The maximum absolute atomic E-state index is 12.9. The van der Waals surface area contributed by atoms with Crippen molar-refractivity contribution < 1.29 is 4.39 Å². The summed E-state index contributed by atoms with van der Waals surface area (Å²) in [6.45, 7) is 2.21. The van der Waals surface area contributed by atoms with E-state index in [4.69, 9.17) is 11.6 Å². The van der Waals surface area contributed by atoms with Crippen molar-refractivity contribution in [2.75, 3.05) is 13.1 Å². The molecule has 1 heterocycles. The highest BCUT2D eigenvalue weighted by atomic mass is 79.9. The second kappa shape index (κ2) is 4.81. The number of hydrogen-bond acceptors (Lipinski definition) is 1. The van der Waals surface area contributed by atoms with E-state index < -0.39 is 6.17 Å². The van der Waals surface area contributed by atoms with Crippen LogP contribution in [0.5, 0.6) is 0 Å². The quantitative estimate of drug-likeness (QED) is 0.804. The van der Waals surface area contributed by atoms with Gasteiger partial charge in [0.1, 0.15) is 6.17 Å². The predicted molar refractivity (Wildman–Crippen MR) is 63.9 cm³/mol. The van der Waals surface area contributed by atoms with Gasteiger partial charge in [-0.3, -0.25) is 4.90 Å². The molecule has 1 atom stereocenters. The molecule has 0 aromatic heterocycles. The SMILES string of the molecule is F[C@@H]1CCN(Cc2ccc(Cl)c(Br)c2)C1. The molecule has 0 unspecified atom stereocenters. The van der Waals surface area contributed by atoms with E-state index in [0.717, 1.165) is 17.6 Å². The van der Waals surface area contributed by atoms with E-state index in [1.807, 2.05) is 18.2 Å². The molecule has 82 valence electrons. The third-order valence-electron chi connectivity index (χ3n) is 2.61. The lowest BCUT2D eigenvalue weighted by Gasteiger charge is -2.14. The van der Waals surface area contributed by atoms with Gasteiger partial charge in [-0.1, -0.05) is 17.7 Å². The fraction of sp³-hybridized carbons (Fsp3) is 0.455. The molecule has 1 fully saturated rings. The number of likely N-dealkylation sites (tertiary alicyclic amines) is 1. The Kier molecular flexibility index (Phi) is 3.65. The summed E-state index contributed by atoms with van der Waals surface area (Å²) in [4.78, 5) is 2.13. The van der Waals surface area contributed by atoms with Crippen LogP contribution in [0.3, 0.4) is 0 Å². The number of halogens is 3. The van der Waals surface area contributed by atoms with Gasteiger partial charge < -0.3 is 0 Å². The summed E-state index contributed by atoms with van der Waals surface area (Å²) in [5, 5.41) is 0.712. The number of nitrogens with zero attached hydrogens (tertiary/aromatic N) is 1. The van der Waals surface area contributed by atoms with Crippen LogP contribution in [-0.2, 0) is 6.54 Å². The van der Waals surface area contributed by atoms with Crippen LogP contribution in [0.2, 0.25) is 5.02 Å². The number of rotatable bonds is 2. The van der Waals surface area contributed by atoms with E-state index in [1.54, 1.807) is 0 Å². The van der Waals surface area contributed by atoms with Gasteiger partial charge in [0.25, 0.3) is 0 Å². The molecule has 0 saturated carbocycles. The van der Waals surface area contributed by atoms with Crippen LogP contribution in [0, 0.1) is 0 Å². The molecule has 15 heavy (non-hydrogen) atoms. The van der Waals surface area contributed by atoms with Crippen molar-refractivity contribution in [3.63, 3.8) is 0 Å². The second-order valence-corrected chi connectivity index (χ2v) is 5.13. The van der Waals surface area contributed by atoms with E-state index in [9.17, 15) is 4.39 Å². The molecule has 0 N–H and O–H groups in total. The summed E-state index contributed by atoms with van der Waals surface area (Å²) in [5.41, 5.74) is 1.17. The molecular weight excluding hydrogens is 280 g/mol. The van der Waals surface area contributed by atoms with Crippen LogP contribution in [0.4, 0.5) is 4.39 Å². The van der Waals surface area contributed by atoms with Gasteiger partial charge in [-0.2, -0.15) is 0 Å². The maximum Gasteiger partial charge on any atom is 0.114 e. The first-order chi connectivity index (χ1) is 7.15. The minimum Gasteiger partial charge on any atom is -0.296 e. The van der Waals surface area contributed by atoms with Crippen molar-refractivity contribution in [3.8, 4) is 0 Å². The largest absolute Gasteiger partial charge is 0.296 e. The molecule has 2 rings (SSSR count). The van der Waals surface area contributed by atoms with Crippen LogP contribution >= 0.6 is 27.5 Å². The number of benzene rings is 1. The Balaban J connectivity index is 2.02. The van der Waals surface area contributed by atoms with Crippen LogP contribution in [0.25, 0.3) is 0 Å². The highest BCUT2D eigenvalue weighted by molar-refractivity contribution is 9.10. The van der Waals surface area contributed by atoms with Gasteiger partial charge in [-0.25, -0.2) is 4.39 Å². The molecule has 1 saturated heterocycles. The molecular formula is C11H12BrClFN. The standard InChI is InChI=1S/C11H12BrClFN/c12-10-5-8(1-2-11(10)13)6-15-4-3-9(14)7-15/h1-2,5,9H,3-4,6-7H2/t9-/m1/s1. The predicted octanol–water partition coefficient (Wildman–Crippen LogP) is 3.65. The van der Waals surface area contributed by atoms with Crippen LogP contribution in [-0.4, -0.2) is 24.2 Å². The molecule has 0 amide bonds. The van der Waals surface area contributed by atoms with Gasteiger partial charge in [-0.05, 0) is 40.0 Å². The Morgan fingerprint density at radius 2 is 2.33 bits per heavy atom. The molecule has 1 aromatic rings. The van der Waals surface area contributed by atoms with Crippen LogP contribution in [0.1, 0.15) is 12.0 Å². The van der Waals surface area contributed by atoms with E-state index in [-0.39, 0.29) is 0 Å². The Bertz CT molecular complexity index is 358. The van der Waals surface area contributed by atoms with E-state index >= 15 is 0 Å². The highest BCUT2D eigenvalue weighted by Gasteiger charge is 2.21. The normalized spacial score (nSPS) is 22.2. The second-order valence-electron chi connectivity index (χ2n) is 3.87. The summed E-state index contributed by atoms with van der Waals surface area (Å²) < 4.78 is 13.8. The van der Waals surface area contributed by atoms with Crippen molar-refractivity contribution in [2.24, 2.45) is 0 Å². The smallest absolute Gasteiger partial charge is 0.114 e. The number of alkyl halides is 1. The van der Waals surface area contributed by atoms with E-state index in [2.05, 4.69) is 20.8 Å². The minimum absolute atomic E-state index is 0.556. The molecule has 1 aliphatic heterocycles. The molecule has 1 aromatic carbocycles. The lowest BCUT2D eigenvalue weighted by atomic mass is 10.2. The van der Waals surface area contributed by atoms with Crippen molar-refractivity contribution in [3.05, 3.63) is 33.3 Å². The molecule has 0 radical (unpaired) electrons. The third kappa shape index (κ3) is 2.92. The zero-order chi connectivity index (χ0) is 10.8. The van der Waals surface area contributed by atoms with Gasteiger partial charge in [-0.15, -0.1) is 0 Å². The summed E-state index contributed by atoms with van der Waals surface area (Å²) >= 11 is 9.28. The van der Waals surface area contributed by atoms with Crippen LogP contribution < -0.4 is 0 Å². The summed E-state index contributed by atoms with van der Waals surface area (Å²) in [6, 6.07) is 5.84. The zero-order valence-electron chi connectivity index (χ0n) is 8.22. The zero-order valence-corrected chi connectivity index (χ0v) is 10.6. The fourth-order valence-electron chi connectivity index (χ4n) is 1.83. The van der Waals surface area contributed by atoms with Gasteiger partial charge in [0, 0.05) is 24.1 Å². The molecule has 1 nitrogen and oxygen atoms in total. The van der Waals surface area contributed by atoms with Crippen molar-refractivity contribution in [1.29, 1.82) is 0 Å². The van der Waals surface area contributed by atoms with Gasteiger partial charge in [0.2, 0.25) is 0 Å². The monoisotopic (exact) mass is 291 g/mol. The van der Waals surface area contributed by atoms with Gasteiger partial charge in [0.05, 0.1) is 5.02 Å². The molecule has 0 bridgehead atoms. The first-order valence-electron chi connectivity index (χ1n) is 4.95. The first-order valence-corrected chi connectivity index (χ1v) is 6.12. The maximum atomic E-state index is 12.9. The highest BCUT2D eigenvalue weighted by Crippen LogP contribution is 2.24. The van der Waals surface area contributed by atoms with Gasteiger partial charge >= 0.3 is 0 Å². The van der Waals surface area contributed by atoms with Crippen molar-refractivity contribution in [2.45, 2.75) is 19.1 Å². The fourth-order valence-corrected chi connectivity index (χ4v) is 2.37. The topological polar surface area (TPSA) is 3.24 Å². The third-order valence-corrected chi connectivity index (χ3v) is 3.82. The molecule has 1 aliphatic rings. The molecule has 0 aliphatic carbocycles. The van der Waals surface area contributed by atoms with E-state index in [0.29, 0.717) is 18.0 Å². The Morgan fingerprint density at radius 1 is 1.53 bits per heavy atom. The molecule has 4 heteroatoms. The Morgan fingerprint density at radius 3 is 2.93 bits per heavy atom. The van der Waals surface area contributed by atoms with Crippen LogP contribution in [0.15, 0.2) is 22.7 Å². The Hall–Kier alpha value is -0.120. The van der Waals surface area contributed by atoms with Crippen molar-refractivity contribution >= 4 is 27.5 Å². The Labute approximate surface area is 102 Å². The summed E-state index contributed by atoms with van der Waals surface area (Å²) in [7, 11) is 0. The number of hydrogen-bond donors (Lipinski definition) is 0. The molecule has 0 spiro atoms. The summed E-state index contributed by atoms with van der Waals surface area (Å²) in [5.74, 6) is 0. The average Bonchev–Trinajstić information content (AvgIpc) is 2.58. The summed E-state index contributed by atoms with van der Waals surface area (Å²) in [6.07, 6.45) is 0.00938. The first kappa shape index (κ1) is 11.4.